The van der Waals surface area contributed by atoms with Crippen molar-refractivity contribution in [1.82, 2.24) is 0 Å². The van der Waals surface area contributed by atoms with Gasteiger partial charge in [-0.25, -0.2) is 0 Å². The van der Waals surface area contributed by atoms with Crippen molar-refractivity contribution in [3.63, 3.8) is 0 Å². The molecule has 1 aromatic rings. The highest BCUT2D eigenvalue weighted by Gasteiger charge is 1.94. The lowest BCUT2D eigenvalue weighted by Crippen LogP contribution is -1.81. The molecule has 0 bridgehead atoms. The third-order valence-corrected chi connectivity index (χ3v) is 2.70. The molecule has 0 aliphatic heterocycles. The van der Waals surface area contributed by atoms with E-state index in [1.165, 1.54) is 3.57 Å². The Morgan fingerprint density at radius 1 is 1.30 bits per heavy atom. The molecule has 10 heavy (non-hydrogen) atoms. The Balaban J connectivity index is 3.25. The Hall–Kier alpha value is 0.240. The van der Waals surface area contributed by atoms with E-state index in [2.05, 4.69) is 51.1 Å². The maximum Gasteiger partial charge on any atom is 0.0386 e. The van der Waals surface area contributed by atoms with E-state index in [4.69, 9.17) is 6.42 Å². The number of hydrogen-bond acceptors (Lipinski definition) is 0. The fourth-order valence-electron chi connectivity index (χ4n) is 0.608. The predicted molar refractivity (Wildman–Crippen MR) is 59.8 cm³/mol. The van der Waals surface area contributed by atoms with Gasteiger partial charge < -0.3 is 0 Å². The summed E-state index contributed by atoms with van der Waals surface area (Å²) < 4.78 is 2.33. The summed E-state index contributed by atoms with van der Waals surface area (Å²) in [4.78, 5) is 0. The van der Waals surface area contributed by atoms with Gasteiger partial charge in [-0.15, -0.1) is 6.42 Å². The second kappa shape index (κ2) is 3.58. The van der Waals surface area contributed by atoms with Gasteiger partial charge in [0.1, 0.15) is 0 Å². The molecule has 0 heterocycles. The monoisotopic (exact) mass is 354 g/mol. The van der Waals surface area contributed by atoms with Gasteiger partial charge in [0.2, 0.25) is 0 Å². The molecule has 0 aliphatic carbocycles. The van der Waals surface area contributed by atoms with E-state index in [9.17, 15) is 0 Å². The molecule has 2 heteroatoms. The fourth-order valence-corrected chi connectivity index (χ4v) is 1.59. The highest BCUT2D eigenvalue weighted by molar-refractivity contribution is 14.1. The molecule has 0 nitrogen and oxygen atoms in total. The third-order valence-electron chi connectivity index (χ3n) is 1.08. The lowest BCUT2D eigenvalue weighted by atomic mass is 10.2. The van der Waals surface area contributed by atoms with Gasteiger partial charge in [-0.3, -0.25) is 0 Å². The lowest BCUT2D eigenvalue weighted by molar-refractivity contribution is 1.55. The smallest absolute Gasteiger partial charge is 0.0386 e. The van der Waals surface area contributed by atoms with Crippen LogP contribution in [0.25, 0.3) is 0 Å². The quantitative estimate of drug-likeness (QED) is 0.497. The molecule has 0 radical (unpaired) electrons. The Morgan fingerprint density at radius 2 is 2.00 bits per heavy atom. The van der Waals surface area contributed by atoms with Crippen LogP contribution in [0.15, 0.2) is 18.2 Å². The van der Waals surface area contributed by atoms with Crippen molar-refractivity contribution in [3.8, 4) is 12.3 Å². The maximum absolute atomic E-state index is 5.26. The zero-order valence-corrected chi connectivity index (χ0v) is 9.38. The van der Waals surface area contributed by atoms with Crippen molar-refractivity contribution in [2.24, 2.45) is 0 Å². The van der Waals surface area contributed by atoms with E-state index >= 15 is 0 Å². The molecular weight excluding hydrogens is 350 g/mol. The maximum atomic E-state index is 5.26. The average Bonchev–Trinajstić information content (AvgIpc) is 1.94. The number of rotatable bonds is 0. The molecule has 1 aromatic carbocycles. The van der Waals surface area contributed by atoms with Gasteiger partial charge in [0.05, 0.1) is 0 Å². The molecule has 1 rings (SSSR count). The van der Waals surface area contributed by atoms with Gasteiger partial charge in [-0.1, -0.05) is 5.92 Å². The van der Waals surface area contributed by atoms with Gasteiger partial charge in [0.15, 0.2) is 0 Å². The van der Waals surface area contributed by atoms with Crippen LogP contribution in [0.5, 0.6) is 0 Å². The second-order valence-corrected chi connectivity index (χ2v) is 4.18. The Labute approximate surface area is 87.7 Å². The van der Waals surface area contributed by atoms with Gasteiger partial charge in [0.25, 0.3) is 0 Å². The van der Waals surface area contributed by atoms with Gasteiger partial charge in [-0.05, 0) is 63.4 Å². The first-order chi connectivity index (χ1) is 4.74. The summed E-state index contributed by atoms with van der Waals surface area (Å²) in [5, 5.41) is 0. The van der Waals surface area contributed by atoms with Crippen LogP contribution in [0.2, 0.25) is 0 Å². The zero-order valence-electron chi connectivity index (χ0n) is 5.07. The number of hydrogen-bond donors (Lipinski definition) is 0. The van der Waals surface area contributed by atoms with E-state index in [0.717, 1.165) is 9.13 Å². The summed E-state index contributed by atoms with van der Waals surface area (Å²) in [5.41, 5.74) is 0.979. The van der Waals surface area contributed by atoms with Crippen molar-refractivity contribution in [2.75, 3.05) is 0 Å². The van der Waals surface area contributed by atoms with Crippen LogP contribution in [0, 0.1) is 19.5 Å². The van der Waals surface area contributed by atoms with Crippen molar-refractivity contribution < 1.29 is 0 Å². The normalized spacial score (nSPS) is 8.90. The minimum absolute atomic E-state index is 0.979. The van der Waals surface area contributed by atoms with E-state index in [0.29, 0.717) is 0 Å². The largest absolute Gasteiger partial charge is 0.115 e. The minimum atomic E-state index is 0.979. The molecule has 0 aliphatic rings. The lowest BCUT2D eigenvalue weighted by Gasteiger charge is -1.95. The summed E-state index contributed by atoms with van der Waals surface area (Å²) in [6, 6.07) is 6.07. The predicted octanol–water partition coefficient (Wildman–Crippen LogP) is 2.88. The van der Waals surface area contributed by atoms with Gasteiger partial charge >= 0.3 is 0 Å². The standard InChI is InChI=1S/C8H4I2/c1-2-6-5-7(9)3-4-8(6)10/h1,3-5H. The molecule has 0 aromatic heterocycles. The number of benzene rings is 1. The first kappa shape index (κ1) is 8.34. The highest BCUT2D eigenvalue weighted by atomic mass is 127. The summed E-state index contributed by atoms with van der Waals surface area (Å²) in [7, 11) is 0. The molecule has 0 unspecified atom stereocenters. The first-order valence-electron chi connectivity index (χ1n) is 2.65. The number of terminal acetylenes is 1. The Morgan fingerprint density at radius 3 is 2.50 bits per heavy atom. The fraction of sp³-hybridized carbons (Fsp3) is 0. The van der Waals surface area contributed by atoms with Crippen LogP contribution in [0.3, 0.4) is 0 Å². The van der Waals surface area contributed by atoms with Crippen molar-refractivity contribution in [1.29, 1.82) is 0 Å². The minimum Gasteiger partial charge on any atom is -0.115 e. The molecule has 0 fully saturated rings. The van der Waals surface area contributed by atoms with E-state index < -0.39 is 0 Å². The van der Waals surface area contributed by atoms with Crippen LogP contribution in [0.4, 0.5) is 0 Å². The van der Waals surface area contributed by atoms with Crippen LogP contribution < -0.4 is 0 Å². The summed E-state index contributed by atoms with van der Waals surface area (Å²) >= 11 is 4.48. The third kappa shape index (κ3) is 1.86. The van der Waals surface area contributed by atoms with Gasteiger partial charge in [-0.2, -0.15) is 0 Å². The van der Waals surface area contributed by atoms with Crippen LogP contribution in [-0.4, -0.2) is 0 Å². The molecule has 0 N–H and O–H groups in total. The van der Waals surface area contributed by atoms with Crippen LogP contribution in [-0.2, 0) is 0 Å². The Bertz CT molecular complexity index is 284. The van der Waals surface area contributed by atoms with Crippen LogP contribution >= 0.6 is 45.2 Å². The van der Waals surface area contributed by atoms with E-state index in [-0.39, 0.29) is 0 Å². The zero-order chi connectivity index (χ0) is 7.56. The van der Waals surface area contributed by atoms with Crippen LogP contribution in [0.1, 0.15) is 5.56 Å². The highest BCUT2D eigenvalue weighted by Crippen LogP contribution is 2.14. The van der Waals surface area contributed by atoms with Crippen molar-refractivity contribution >= 4 is 45.2 Å². The molecule has 0 saturated heterocycles. The van der Waals surface area contributed by atoms with E-state index in [1.54, 1.807) is 0 Å². The molecule has 0 atom stereocenters. The first-order valence-corrected chi connectivity index (χ1v) is 4.81. The Kier molecular flexibility index (Phi) is 2.98. The molecule has 0 spiro atoms. The molecule has 0 saturated carbocycles. The van der Waals surface area contributed by atoms with Crippen molar-refractivity contribution in [2.45, 2.75) is 0 Å². The van der Waals surface area contributed by atoms with Crippen molar-refractivity contribution in [3.05, 3.63) is 30.9 Å². The molecular formula is C8H4I2. The molecule has 0 amide bonds. The summed E-state index contributed by atoms with van der Waals surface area (Å²) in [5.74, 6) is 2.62. The van der Waals surface area contributed by atoms with Gasteiger partial charge in [0, 0.05) is 12.7 Å². The SMILES string of the molecule is C#Cc1cc(I)ccc1I. The summed E-state index contributed by atoms with van der Waals surface area (Å²) in [6.07, 6.45) is 5.26. The van der Waals surface area contributed by atoms with E-state index in [1.807, 2.05) is 18.2 Å². The summed E-state index contributed by atoms with van der Waals surface area (Å²) in [6.45, 7) is 0. The average molecular weight is 354 g/mol. The topological polar surface area (TPSA) is 0 Å². The number of halogens is 2. The molecule has 50 valence electrons. The second-order valence-electron chi connectivity index (χ2n) is 1.77.